The summed E-state index contributed by atoms with van der Waals surface area (Å²) < 4.78 is 38.1. The Morgan fingerprint density at radius 1 is 0.839 bits per heavy atom. The number of piperazine rings is 1. The van der Waals surface area contributed by atoms with Gasteiger partial charge in [0.05, 0.1) is 11.3 Å². The first kappa shape index (κ1) is 21.1. The molecule has 0 unspecified atom stereocenters. The van der Waals surface area contributed by atoms with Gasteiger partial charge in [0, 0.05) is 42.3 Å². The SMILES string of the molecule is O=C(c1ccc(C(F)(F)F)cc1)N1CCN(c2ccc(-c3ccc(Cl)cc3)nn2)CC1. The molecule has 4 rings (SSSR count). The number of rotatable bonds is 3. The molecule has 1 aromatic heterocycles. The first-order valence-electron chi connectivity index (χ1n) is 9.62. The van der Waals surface area contributed by atoms with Crippen molar-refractivity contribution < 1.29 is 18.0 Å². The normalized spacial score (nSPS) is 14.6. The molecule has 0 radical (unpaired) electrons. The average Bonchev–Trinajstić information content (AvgIpc) is 2.79. The van der Waals surface area contributed by atoms with E-state index in [4.69, 9.17) is 11.6 Å². The van der Waals surface area contributed by atoms with Crippen LogP contribution in [0.25, 0.3) is 11.3 Å². The molecule has 3 aromatic rings. The molecule has 1 aliphatic heterocycles. The summed E-state index contributed by atoms with van der Waals surface area (Å²) in [5.41, 5.74) is 1.12. The van der Waals surface area contributed by atoms with Crippen molar-refractivity contribution in [3.05, 3.63) is 76.8 Å². The van der Waals surface area contributed by atoms with Crippen LogP contribution in [0.15, 0.2) is 60.7 Å². The second kappa shape index (κ2) is 8.55. The number of hydrogen-bond acceptors (Lipinski definition) is 4. The van der Waals surface area contributed by atoms with Gasteiger partial charge in [-0.3, -0.25) is 4.79 Å². The summed E-state index contributed by atoms with van der Waals surface area (Å²) in [6.07, 6.45) is -4.42. The van der Waals surface area contributed by atoms with Crippen LogP contribution in [0, 0.1) is 0 Å². The smallest absolute Gasteiger partial charge is 0.352 e. The van der Waals surface area contributed by atoms with Crippen molar-refractivity contribution >= 4 is 23.3 Å². The highest BCUT2D eigenvalue weighted by Gasteiger charge is 2.30. The highest BCUT2D eigenvalue weighted by Crippen LogP contribution is 2.29. The van der Waals surface area contributed by atoms with Gasteiger partial charge in [0.1, 0.15) is 0 Å². The van der Waals surface area contributed by atoms with E-state index in [0.717, 1.165) is 23.4 Å². The molecule has 0 saturated carbocycles. The van der Waals surface area contributed by atoms with E-state index in [1.54, 1.807) is 17.0 Å². The number of alkyl halides is 3. The number of carbonyl (C=O) groups excluding carboxylic acids is 1. The van der Waals surface area contributed by atoms with Gasteiger partial charge in [0.15, 0.2) is 5.82 Å². The van der Waals surface area contributed by atoms with Crippen molar-refractivity contribution in [3.8, 4) is 11.3 Å². The van der Waals surface area contributed by atoms with Gasteiger partial charge in [-0.1, -0.05) is 23.7 Å². The summed E-state index contributed by atoms with van der Waals surface area (Å²) in [6, 6.07) is 15.4. The Hall–Kier alpha value is -3.13. The molecule has 0 atom stereocenters. The summed E-state index contributed by atoms with van der Waals surface area (Å²) >= 11 is 5.91. The van der Waals surface area contributed by atoms with Gasteiger partial charge < -0.3 is 9.80 Å². The van der Waals surface area contributed by atoms with Crippen molar-refractivity contribution in [1.29, 1.82) is 0 Å². The highest BCUT2D eigenvalue weighted by atomic mass is 35.5. The summed E-state index contributed by atoms with van der Waals surface area (Å²) in [4.78, 5) is 16.3. The number of benzene rings is 2. The van der Waals surface area contributed by atoms with Crippen molar-refractivity contribution in [3.63, 3.8) is 0 Å². The standard InChI is InChI=1S/C22H18ClF3N4O/c23-18-7-3-15(4-8-18)19-9-10-20(28-27-19)29-11-13-30(14-12-29)21(31)16-1-5-17(6-2-16)22(24,25)26/h1-10H,11-14H2. The molecule has 1 fully saturated rings. The largest absolute Gasteiger partial charge is 0.416 e. The first-order valence-corrected chi connectivity index (χ1v) is 10.0. The molecule has 0 bridgehead atoms. The molecular formula is C22H18ClF3N4O. The van der Waals surface area contributed by atoms with Crippen LogP contribution < -0.4 is 4.90 Å². The van der Waals surface area contributed by atoms with E-state index in [9.17, 15) is 18.0 Å². The van der Waals surface area contributed by atoms with E-state index in [1.165, 1.54) is 12.1 Å². The van der Waals surface area contributed by atoms with Gasteiger partial charge in [-0.25, -0.2) is 0 Å². The Balaban J connectivity index is 1.37. The highest BCUT2D eigenvalue weighted by molar-refractivity contribution is 6.30. The predicted octanol–water partition coefficient (Wildman–Crippen LogP) is 4.78. The van der Waals surface area contributed by atoms with E-state index in [-0.39, 0.29) is 11.5 Å². The predicted molar refractivity (Wildman–Crippen MR) is 112 cm³/mol. The van der Waals surface area contributed by atoms with Crippen LogP contribution in [0.1, 0.15) is 15.9 Å². The lowest BCUT2D eigenvalue weighted by molar-refractivity contribution is -0.137. The lowest BCUT2D eigenvalue weighted by Crippen LogP contribution is -2.49. The molecule has 0 N–H and O–H groups in total. The van der Waals surface area contributed by atoms with Crippen molar-refractivity contribution in [2.75, 3.05) is 31.1 Å². The minimum atomic E-state index is -4.42. The number of halogens is 4. The number of aromatic nitrogens is 2. The molecule has 1 saturated heterocycles. The third-order valence-electron chi connectivity index (χ3n) is 5.14. The zero-order chi connectivity index (χ0) is 22.0. The molecule has 160 valence electrons. The molecule has 0 spiro atoms. The fourth-order valence-electron chi connectivity index (χ4n) is 3.39. The van der Waals surface area contributed by atoms with Crippen molar-refractivity contribution in [2.45, 2.75) is 6.18 Å². The van der Waals surface area contributed by atoms with Gasteiger partial charge in [0.25, 0.3) is 5.91 Å². The first-order chi connectivity index (χ1) is 14.8. The third kappa shape index (κ3) is 4.80. The quantitative estimate of drug-likeness (QED) is 0.581. The molecule has 5 nitrogen and oxygen atoms in total. The van der Waals surface area contributed by atoms with E-state index in [1.807, 2.05) is 29.2 Å². The Morgan fingerprint density at radius 2 is 1.48 bits per heavy atom. The van der Waals surface area contributed by atoms with E-state index >= 15 is 0 Å². The monoisotopic (exact) mass is 446 g/mol. The number of anilines is 1. The van der Waals surface area contributed by atoms with Crippen LogP contribution in [-0.2, 0) is 6.18 Å². The number of nitrogens with zero attached hydrogens (tertiary/aromatic N) is 4. The zero-order valence-corrected chi connectivity index (χ0v) is 17.1. The minimum Gasteiger partial charge on any atom is -0.352 e. The molecule has 2 aromatic carbocycles. The summed E-state index contributed by atoms with van der Waals surface area (Å²) in [5, 5.41) is 9.22. The molecule has 2 heterocycles. The van der Waals surface area contributed by atoms with Crippen molar-refractivity contribution in [1.82, 2.24) is 15.1 Å². The van der Waals surface area contributed by atoms with E-state index in [0.29, 0.717) is 37.0 Å². The number of amides is 1. The Bertz CT molecular complexity index is 1050. The van der Waals surface area contributed by atoms with E-state index < -0.39 is 11.7 Å². The maximum absolute atomic E-state index is 12.7. The topological polar surface area (TPSA) is 49.3 Å². The maximum atomic E-state index is 12.7. The minimum absolute atomic E-state index is 0.244. The van der Waals surface area contributed by atoms with Crippen LogP contribution in [0.4, 0.5) is 19.0 Å². The van der Waals surface area contributed by atoms with Gasteiger partial charge in [-0.15, -0.1) is 10.2 Å². The lowest BCUT2D eigenvalue weighted by atomic mass is 10.1. The van der Waals surface area contributed by atoms with Gasteiger partial charge in [0.2, 0.25) is 0 Å². The molecule has 1 aliphatic rings. The fourth-order valence-corrected chi connectivity index (χ4v) is 3.52. The summed E-state index contributed by atoms with van der Waals surface area (Å²) in [6.45, 7) is 2.00. The summed E-state index contributed by atoms with van der Waals surface area (Å²) in [7, 11) is 0. The molecule has 31 heavy (non-hydrogen) atoms. The zero-order valence-electron chi connectivity index (χ0n) is 16.3. The van der Waals surface area contributed by atoms with Gasteiger partial charge >= 0.3 is 6.18 Å². The van der Waals surface area contributed by atoms with Crippen molar-refractivity contribution in [2.24, 2.45) is 0 Å². The Morgan fingerprint density at radius 3 is 2.03 bits per heavy atom. The van der Waals surface area contributed by atoms with Crippen LogP contribution >= 0.6 is 11.6 Å². The summed E-state index contributed by atoms with van der Waals surface area (Å²) in [5.74, 6) is 0.428. The lowest BCUT2D eigenvalue weighted by Gasteiger charge is -2.35. The molecule has 1 amide bonds. The molecule has 0 aliphatic carbocycles. The second-order valence-electron chi connectivity index (χ2n) is 7.14. The Labute approximate surface area is 182 Å². The number of carbonyl (C=O) groups is 1. The second-order valence-corrected chi connectivity index (χ2v) is 7.57. The third-order valence-corrected chi connectivity index (χ3v) is 5.39. The maximum Gasteiger partial charge on any atom is 0.416 e. The molecule has 9 heteroatoms. The van der Waals surface area contributed by atoms with Crippen LogP contribution in [0.2, 0.25) is 5.02 Å². The Kier molecular flexibility index (Phi) is 5.82. The van der Waals surface area contributed by atoms with Gasteiger partial charge in [-0.05, 0) is 48.5 Å². The fraction of sp³-hybridized carbons (Fsp3) is 0.227. The van der Waals surface area contributed by atoms with E-state index in [2.05, 4.69) is 10.2 Å². The average molecular weight is 447 g/mol. The number of hydrogen-bond donors (Lipinski definition) is 0. The van der Waals surface area contributed by atoms with Crippen LogP contribution in [0.5, 0.6) is 0 Å². The molecular weight excluding hydrogens is 429 g/mol. The van der Waals surface area contributed by atoms with Crippen LogP contribution in [0.3, 0.4) is 0 Å². The van der Waals surface area contributed by atoms with Crippen LogP contribution in [-0.4, -0.2) is 47.2 Å². The van der Waals surface area contributed by atoms with Gasteiger partial charge in [-0.2, -0.15) is 13.2 Å².